The molecule has 0 amide bonds. The smallest absolute Gasteiger partial charge is 0.0468 e. The second kappa shape index (κ2) is 10.1. The summed E-state index contributed by atoms with van der Waals surface area (Å²) in [6, 6.07) is 59.8. The van der Waals surface area contributed by atoms with Crippen LogP contribution >= 0.6 is 11.3 Å². The molecule has 0 atom stereocenters. The van der Waals surface area contributed by atoms with E-state index in [0.717, 1.165) is 17.1 Å². The lowest BCUT2D eigenvalue weighted by atomic mass is 10.0. The summed E-state index contributed by atoms with van der Waals surface area (Å²) in [4.78, 5) is 2.39. The zero-order valence-corrected chi connectivity index (χ0v) is 24.8. The van der Waals surface area contributed by atoms with Crippen molar-refractivity contribution in [3.8, 4) is 11.1 Å². The highest BCUT2D eigenvalue weighted by atomic mass is 32.1. The van der Waals surface area contributed by atoms with E-state index in [1.807, 2.05) is 11.3 Å². The Balaban J connectivity index is 1.25. The summed E-state index contributed by atoms with van der Waals surface area (Å²) in [7, 11) is 0. The largest absolute Gasteiger partial charge is 0.310 e. The van der Waals surface area contributed by atoms with Gasteiger partial charge in [0.05, 0.1) is 0 Å². The molecule has 8 aromatic carbocycles. The van der Waals surface area contributed by atoms with Gasteiger partial charge in [-0.25, -0.2) is 0 Å². The number of nitrogens with zero attached hydrogens (tertiary/aromatic N) is 1. The first kappa shape index (κ1) is 25.1. The molecule has 0 spiro atoms. The van der Waals surface area contributed by atoms with Gasteiger partial charge in [0, 0.05) is 37.2 Å². The Kier molecular flexibility index (Phi) is 5.75. The van der Waals surface area contributed by atoms with Crippen LogP contribution in [0.15, 0.2) is 164 Å². The molecule has 44 heavy (non-hydrogen) atoms. The molecule has 1 nitrogen and oxygen atoms in total. The summed E-state index contributed by atoms with van der Waals surface area (Å²) in [5, 5.41) is 10.2. The van der Waals surface area contributed by atoms with Crippen molar-refractivity contribution in [2.24, 2.45) is 0 Å². The van der Waals surface area contributed by atoms with Gasteiger partial charge in [0.15, 0.2) is 0 Å². The lowest BCUT2D eigenvalue weighted by molar-refractivity contribution is 1.29. The summed E-state index contributed by atoms with van der Waals surface area (Å²) >= 11 is 1.87. The zero-order valence-electron chi connectivity index (χ0n) is 23.9. The maximum Gasteiger partial charge on any atom is 0.0468 e. The van der Waals surface area contributed by atoms with Crippen molar-refractivity contribution < 1.29 is 0 Å². The molecule has 0 fully saturated rings. The van der Waals surface area contributed by atoms with Gasteiger partial charge in [0.25, 0.3) is 0 Å². The van der Waals surface area contributed by atoms with Crippen molar-refractivity contribution in [2.45, 2.75) is 0 Å². The second-order valence-electron chi connectivity index (χ2n) is 11.4. The Labute approximate surface area is 259 Å². The van der Waals surface area contributed by atoms with Crippen LogP contribution in [0, 0.1) is 0 Å². The minimum absolute atomic E-state index is 1.13. The van der Waals surface area contributed by atoms with Crippen molar-refractivity contribution in [3.63, 3.8) is 0 Å². The van der Waals surface area contributed by atoms with Gasteiger partial charge in [-0.2, -0.15) is 0 Å². The van der Waals surface area contributed by atoms with Crippen LogP contribution in [-0.4, -0.2) is 0 Å². The summed E-state index contributed by atoms with van der Waals surface area (Å²) < 4.78 is 2.67. The molecule has 0 unspecified atom stereocenters. The second-order valence-corrected chi connectivity index (χ2v) is 12.5. The molecule has 2 heteroatoms. The topological polar surface area (TPSA) is 3.24 Å². The number of benzene rings is 8. The van der Waals surface area contributed by atoms with Gasteiger partial charge in [-0.1, -0.05) is 109 Å². The maximum atomic E-state index is 2.39. The van der Waals surface area contributed by atoms with E-state index in [2.05, 4.69) is 169 Å². The van der Waals surface area contributed by atoms with E-state index >= 15 is 0 Å². The van der Waals surface area contributed by atoms with Gasteiger partial charge in [0.2, 0.25) is 0 Å². The SMILES string of the molecule is c1ccc(-c2ccc(N(c3ccc4cc5sc6ccccc6c5cc4c3)c3ccc4ccc5ccccc5c4c3)cc2)cc1. The summed E-state index contributed by atoms with van der Waals surface area (Å²) in [5.74, 6) is 0. The first-order valence-corrected chi connectivity index (χ1v) is 15.8. The number of thiophene rings is 1. The third-order valence-corrected chi connectivity index (χ3v) is 9.93. The molecule has 0 saturated heterocycles. The molecular weight excluding hydrogens is 551 g/mol. The highest BCUT2D eigenvalue weighted by Gasteiger charge is 2.16. The number of fused-ring (bicyclic) bond motifs is 7. The highest BCUT2D eigenvalue weighted by Crippen LogP contribution is 2.41. The van der Waals surface area contributed by atoms with Gasteiger partial charge < -0.3 is 4.90 Å². The van der Waals surface area contributed by atoms with Crippen molar-refractivity contribution >= 4 is 80.9 Å². The Bertz CT molecular complexity index is 2490. The van der Waals surface area contributed by atoms with Crippen LogP contribution in [0.3, 0.4) is 0 Å². The van der Waals surface area contributed by atoms with Crippen molar-refractivity contribution in [1.82, 2.24) is 0 Å². The van der Waals surface area contributed by atoms with Crippen LogP contribution in [0.1, 0.15) is 0 Å². The Hall–Kier alpha value is -5.44. The van der Waals surface area contributed by atoms with Crippen LogP contribution in [0.4, 0.5) is 17.1 Å². The minimum atomic E-state index is 1.13. The molecule has 206 valence electrons. The average molecular weight is 578 g/mol. The maximum absolute atomic E-state index is 2.39. The number of anilines is 3. The van der Waals surface area contributed by atoms with Gasteiger partial charge in [-0.3, -0.25) is 0 Å². The van der Waals surface area contributed by atoms with Crippen LogP contribution in [0.25, 0.3) is 63.6 Å². The third kappa shape index (κ3) is 4.15. The zero-order chi connectivity index (χ0) is 29.0. The van der Waals surface area contributed by atoms with Crippen molar-refractivity contribution in [1.29, 1.82) is 0 Å². The summed E-state index contributed by atoms with van der Waals surface area (Å²) in [6.07, 6.45) is 0. The molecular formula is C42H27NS. The van der Waals surface area contributed by atoms with Crippen LogP contribution in [-0.2, 0) is 0 Å². The Morgan fingerprint density at radius 1 is 0.318 bits per heavy atom. The third-order valence-electron chi connectivity index (χ3n) is 8.80. The Morgan fingerprint density at radius 3 is 1.77 bits per heavy atom. The minimum Gasteiger partial charge on any atom is -0.310 e. The van der Waals surface area contributed by atoms with Gasteiger partial charge in [-0.15, -0.1) is 11.3 Å². The summed E-state index contributed by atoms with van der Waals surface area (Å²) in [5.41, 5.74) is 5.85. The van der Waals surface area contributed by atoms with Gasteiger partial charge >= 0.3 is 0 Å². The fraction of sp³-hybridized carbons (Fsp3) is 0. The first-order chi connectivity index (χ1) is 21.8. The lowest BCUT2D eigenvalue weighted by Gasteiger charge is -2.26. The molecule has 0 saturated carbocycles. The average Bonchev–Trinajstić information content (AvgIpc) is 3.45. The summed E-state index contributed by atoms with van der Waals surface area (Å²) in [6.45, 7) is 0. The van der Waals surface area contributed by atoms with E-state index < -0.39 is 0 Å². The number of hydrogen-bond donors (Lipinski definition) is 0. The normalized spacial score (nSPS) is 11.6. The quantitative estimate of drug-likeness (QED) is 0.188. The molecule has 0 radical (unpaired) electrons. The van der Waals surface area contributed by atoms with E-state index in [1.54, 1.807) is 0 Å². The van der Waals surface area contributed by atoms with Crippen LogP contribution in [0.2, 0.25) is 0 Å². The van der Waals surface area contributed by atoms with E-state index in [-0.39, 0.29) is 0 Å². The lowest BCUT2D eigenvalue weighted by Crippen LogP contribution is -2.10. The van der Waals surface area contributed by atoms with Gasteiger partial charge in [0.1, 0.15) is 0 Å². The predicted molar refractivity (Wildman–Crippen MR) is 192 cm³/mol. The van der Waals surface area contributed by atoms with Crippen molar-refractivity contribution in [2.75, 3.05) is 4.90 Å². The number of hydrogen-bond acceptors (Lipinski definition) is 2. The molecule has 1 heterocycles. The van der Waals surface area contributed by atoms with Crippen molar-refractivity contribution in [3.05, 3.63) is 164 Å². The number of rotatable bonds is 4. The van der Waals surface area contributed by atoms with E-state index in [4.69, 9.17) is 0 Å². The van der Waals surface area contributed by atoms with Gasteiger partial charge in [-0.05, 0) is 98.0 Å². The molecule has 1 aromatic heterocycles. The molecule has 9 rings (SSSR count). The fourth-order valence-electron chi connectivity index (χ4n) is 6.60. The molecule has 0 bridgehead atoms. The predicted octanol–water partition coefficient (Wildman–Crippen LogP) is 12.7. The molecule has 9 aromatic rings. The molecule has 0 aliphatic rings. The molecule has 0 aliphatic heterocycles. The standard InChI is InChI=1S/C42H27NS/c1-2-8-28(9-3-1)29-16-20-34(21-17-29)43(36-22-18-31-15-14-30-10-4-5-11-37(30)39(31)27-36)35-23-19-32-26-42-40(25-33(32)24-35)38-12-6-7-13-41(38)44-42/h1-27H. The fourth-order valence-corrected chi connectivity index (χ4v) is 7.74. The molecule has 0 N–H and O–H groups in total. The first-order valence-electron chi connectivity index (χ1n) is 15.0. The van der Waals surface area contributed by atoms with E-state index in [9.17, 15) is 0 Å². The monoisotopic (exact) mass is 577 g/mol. The van der Waals surface area contributed by atoms with E-state index in [0.29, 0.717) is 0 Å². The molecule has 0 aliphatic carbocycles. The van der Waals surface area contributed by atoms with Crippen LogP contribution in [0.5, 0.6) is 0 Å². The highest BCUT2D eigenvalue weighted by molar-refractivity contribution is 7.25. The van der Waals surface area contributed by atoms with Crippen LogP contribution < -0.4 is 4.90 Å². The van der Waals surface area contributed by atoms with E-state index in [1.165, 1.54) is 63.6 Å². The Morgan fingerprint density at radius 2 is 0.932 bits per heavy atom.